The zero-order chi connectivity index (χ0) is 12.1. The minimum Gasteiger partial charge on any atom is -0.264 e. The summed E-state index contributed by atoms with van der Waals surface area (Å²) >= 11 is 0. The van der Waals surface area contributed by atoms with E-state index in [1.807, 2.05) is 43.5 Å². The van der Waals surface area contributed by atoms with Crippen LogP contribution in [0.5, 0.6) is 0 Å². The molecule has 0 fully saturated rings. The van der Waals surface area contributed by atoms with Crippen molar-refractivity contribution in [3.63, 3.8) is 0 Å². The van der Waals surface area contributed by atoms with Crippen molar-refractivity contribution in [2.45, 2.75) is 12.8 Å². The molecule has 2 heteroatoms. The summed E-state index contributed by atoms with van der Waals surface area (Å²) in [5, 5.41) is 9.16. The minimum absolute atomic E-state index is 0.0680. The summed E-state index contributed by atoms with van der Waals surface area (Å²) in [7, 11) is 0. The van der Waals surface area contributed by atoms with Crippen molar-refractivity contribution in [3.05, 3.63) is 66.0 Å². The zero-order valence-electron chi connectivity index (χ0n) is 9.75. The fourth-order valence-corrected chi connectivity index (χ4v) is 2.06. The van der Waals surface area contributed by atoms with Crippen LogP contribution in [-0.2, 0) is 0 Å². The Balaban J connectivity index is 2.44. The maximum atomic E-state index is 9.16. The molecule has 0 aliphatic heterocycles. The Bertz CT molecular complexity index is 460. The first-order chi connectivity index (χ1) is 8.33. The number of nitriles is 1. The first-order valence-electron chi connectivity index (χ1n) is 5.67. The third-order valence-electron chi connectivity index (χ3n) is 2.91. The second-order valence-electron chi connectivity index (χ2n) is 4.09. The van der Waals surface area contributed by atoms with E-state index in [-0.39, 0.29) is 11.8 Å². The predicted octanol–water partition coefficient (Wildman–Crippen LogP) is 3.37. The van der Waals surface area contributed by atoms with E-state index in [1.165, 1.54) is 0 Å². The van der Waals surface area contributed by atoms with Crippen LogP contribution in [0.25, 0.3) is 0 Å². The molecule has 1 aromatic carbocycles. The maximum Gasteiger partial charge on any atom is 0.0662 e. The van der Waals surface area contributed by atoms with Gasteiger partial charge in [0.25, 0.3) is 0 Å². The summed E-state index contributed by atoms with van der Waals surface area (Å²) in [6.45, 7) is 1.95. The second kappa shape index (κ2) is 5.27. The van der Waals surface area contributed by atoms with Crippen molar-refractivity contribution >= 4 is 0 Å². The average molecular weight is 222 g/mol. The lowest BCUT2D eigenvalue weighted by atomic mass is 9.83. The van der Waals surface area contributed by atoms with Gasteiger partial charge in [-0.3, -0.25) is 4.98 Å². The van der Waals surface area contributed by atoms with Crippen LogP contribution in [0.3, 0.4) is 0 Å². The summed E-state index contributed by atoms with van der Waals surface area (Å²) in [6.07, 6.45) is 3.59. The van der Waals surface area contributed by atoms with Gasteiger partial charge >= 0.3 is 0 Å². The highest BCUT2D eigenvalue weighted by molar-refractivity contribution is 5.32. The van der Waals surface area contributed by atoms with Crippen LogP contribution < -0.4 is 0 Å². The van der Waals surface area contributed by atoms with Gasteiger partial charge in [0.05, 0.1) is 12.0 Å². The summed E-state index contributed by atoms with van der Waals surface area (Å²) < 4.78 is 0. The van der Waals surface area contributed by atoms with Gasteiger partial charge in [-0.2, -0.15) is 5.26 Å². The van der Waals surface area contributed by atoms with E-state index >= 15 is 0 Å². The summed E-state index contributed by atoms with van der Waals surface area (Å²) in [6, 6.07) is 16.4. The molecular formula is C15H14N2. The molecule has 2 aromatic rings. The first-order valence-corrected chi connectivity index (χ1v) is 5.67. The Kier molecular flexibility index (Phi) is 3.52. The molecule has 0 amide bonds. The highest BCUT2D eigenvalue weighted by Gasteiger charge is 2.20. The maximum absolute atomic E-state index is 9.16. The van der Waals surface area contributed by atoms with E-state index in [0.717, 1.165) is 11.1 Å². The molecule has 0 saturated carbocycles. The van der Waals surface area contributed by atoms with Gasteiger partial charge < -0.3 is 0 Å². The van der Waals surface area contributed by atoms with E-state index in [2.05, 4.69) is 23.2 Å². The molecule has 0 bridgehead atoms. The Morgan fingerprint density at radius 2 is 1.76 bits per heavy atom. The molecule has 1 heterocycles. The molecule has 0 radical (unpaired) electrons. The smallest absolute Gasteiger partial charge is 0.0662 e. The molecule has 0 spiro atoms. The van der Waals surface area contributed by atoms with Crippen LogP contribution in [0, 0.1) is 17.2 Å². The topological polar surface area (TPSA) is 36.7 Å². The average Bonchev–Trinajstić information content (AvgIpc) is 2.41. The molecule has 2 atom stereocenters. The van der Waals surface area contributed by atoms with Crippen LogP contribution in [-0.4, -0.2) is 4.98 Å². The van der Waals surface area contributed by atoms with Crippen molar-refractivity contribution in [1.29, 1.82) is 5.26 Å². The Hall–Kier alpha value is -2.14. The molecule has 2 unspecified atom stereocenters. The largest absolute Gasteiger partial charge is 0.264 e. The van der Waals surface area contributed by atoms with Crippen molar-refractivity contribution < 1.29 is 0 Å². The summed E-state index contributed by atoms with van der Waals surface area (Å²) in [5.74, 6) is 0.0245. The molecule has 2 rings (SSSR count). The molecule has 2 nitrogen and oxygen atoms in total. The summed E-state index contributed by atoms with van der Waals surface area (Å²) in [5.41, 5.74) is 2.25. The lowest BCUT2D eigenvalue weighted by Crippen LogP contribution is -2.10. The van der Waals surface area contributed by atoms with Crippen molar-refractivity contribution in [3.8, 4) is 6.07 Å². The van der Waals surface area contributed by atoms with Crippen molar-refractivity contribution in [1.82, 2.24) is 4.98 Å². The van der Waals surface area contributed by atoms with E-state index in [1.54, 1.807) is 6.20 Å². The first kappa shape index (κ1) is 11.3. The molecular weight excluding hydrogens is 208 g/mol. The van der Waals surface area contributed by atoms with E-state index in [9.17, 15) is 0 Å². The number of nitrogens with zero attached hydrogens (tertiary/aromatic N) is 2. The standard InChI is InChI=1S/C15H14N2/c1-12(10-16)15(13-6-3-2-4-7-13)14-8-5-9-17-11-14/h2-9,11-12,15H,1H3. The van der Waals surface area contributed by atoms with Gasteiger partial charge in [0.2, 0.25) is 0 Å². The minimum atomic E-state index is -0.0680. The Morgan fingerprint density at radius 3 is 2.35 bits per heavy atom. The van der Waals surface area contributed by atoms with Crippen LogP contribution in [0.1, 0.15) is 24.0 Å². The highest BCUT2D eigenvalue weighted by Crippen LogP contribution is 2.30. The van der Waals surface area contributed by atoms with Crippen LogP contribution >= 0.6 is 0 Å². The lowest BCUT2D eigenvalue weighted by Gasteiger charge is -2.19. The number of hydrogen-bond donors (Lipinski definition) is 0. The third kappa shape index (κ3) is 2.51. The van der Waals surface area contributed by atoms with Gasteiger partial charge in [-0.25, -0.2) is 0 Å². The molecule has 0 saturated heterocycles. The van der Waals surface area contributed by atoms with Crippen LogP contribution in [0.4, 0.5) is 0 Å². The molecule has 84 valence electrons. The second-order valence-corrected chi connectivity index (χ2v) is 4.09. The number of aromatic nitrogens is 1. The molecule has 1 aromatic heterocycles. The van der Waals surface area contributed by atoms with Gasteiger partial charge in [-0.15, -0.1) is 0 Å². The van der Waals surface area contributed by atoms with E-state index in [4.69, 9.17) is 5.26 Å². The van der Waals surface area contributed by atoms with Crippen LogP contribution in [0.2, 0.25) is 0 Å². The molecule has 0 aliphatic carbocycles. The number of hydrogen-bond acceptors (Lipinski definition) is 2. The Labute approximate surface area is 102 Å². The molecule has 0 N–H and O–H groups in total. The molecule has 17 heavy (non-hydrogen) atoms. The molecule has 0 aliphatic rings. The number of rotatable bonds is 3. The lowest BCUT2D eigenvalue weighted by molar-refractivity contribution is 0.635. The zero-order valence-corrected chi connectivity index (χ0v) is 9.75. The Morgan fingerprint density at radius 1 is 1.06 bits per heavy atom. The SMILES string of the molecule is CC(C#N)C(c1ccccc1)c1cccnc1. The highest BCUT2D eigenvalue weighted by atomic mass is 14.6. The normalized spacial score (nSPS) is 13.6. The fraction of sp³-hybridized carbons (Fsp3) is 0.200. The predicted molar refractivity (Wildman–Crippen MR) is 67.3 cm³/mol. The van der Waals surface area contributed by atoms with E-state index < -0.39 is 0 Å². The van der Waals surface area contributed by atoms with Crippen molar-refractivity contribution in [2.75, 3.05) is 0 Å². The van der Waals surface area contributed by atoms with Gasteiger partial charge in [0.1, 0.15) is 0 Å². The van der Waals surface area contributed by atoms with Gasteiger partial charge in [0.15, 0.2) is 0 Å². The van der Waals surface area contributed by atoms with Gasteiger partial charge in [-0.1, -0.05) is 36.4 Å². The summed E-state index contributed by atoms with van der Waals surface area (Å²) in [4.78, 5) is 4.14. The monoisotopic (exact) mass is 222 g/mol. The third-order valence-corrected chi connectivity index (χ3v) is 2.91. The number of pyridine rings is 1. The fourth-order valence-electron chi connectivity index (χ4n) is 2.06. The van der Waals surface area contributed by atoms with Crippen molar-refractivity contribution in [2.24, 2.45) is 5.92 Å². The van der Waals surface area contributed by atoms with E-state index in [0.29, 0.717) is 0 Å². The number of benzene rings is 1. The van der Waals surface area contributed by atoms with Gasteiger partial charge in [0, 0.05) is 18.3 Å². The van der Waals surface area contributed by atoms with Gasteiger partial charge in [-0.05, 0) is 24.1 Å². The van der Waals surface area contributed by atoms with Crippen LogP contribution in [0.15, 0.2) is 54.9 Å². The quantitative estimate of drug-likeness (QED) is 0.798.